The number of hydrogen-bond donors (Lipinski definition) is 3. The molecule has 2 unspecified atom stereocenters. The molecule has 1 aromatic heterocycles. The molecule has 0 radical (unpaired) electrons. The number of ether oxygens (including phenoxy) is 1. The minimum Gasteiger partial charge on any atom is -0.445 e. The maximum atomic E-state index is 13.0. The highest BCUT2D eigenvalue weighted by Crippen LogP contribution is 2.36. The molecule has 0 aliphatic carbocycles. The lowest BCUT2D eigenvalue weighted by atomic mass is 10.2. The molecule has 8 nitrogen and oxygen atoms in total. The number of aryl methyl sites for hydroxylation is 1. The molecule has 0 bridgehead atoms. The molecule has 1 aliphatic heterocycles. The van der Waals surface area contributed by atoms with E-state index in [1.807, 2.05) is 32.0 Å². The Labute approximate surface area is 198 Å². The van der Waals surface area contributed by atoms with Gasteiger partial charge in [-0.05, 0) is 52.1 Å². The van der Waals surface area contributed by atoms with Crippen LogP contribution in [0.15, 0.2) is 54.6 Å². The third-order valence-corrected chi connectivity index (χ3v) is 5.42. The van der Waals surface area contributed by atoms with Crippen molar-refractivity contribution >= 4 is 17.8 Å². The van der Waals surface area contributed by atoms with Gasteiger partial charge in [0.15, 0.2) is 5.82 Å². The number of carbonyl (C=O) groups is 2. The van der Waals surface area contributed by atoms with Crippen LogP contribution in [0.4, 0.5) is 15.0 Å². The van der Waals surface area contributed by atoms with E-state index < -0.39 is 17.8 Å². The minimum absolute atomic E-state index is 0.252. The third-order valence-electron chi connectivity index (χ3n) is 5.42. The minimum atomic E-state index is -0.425. The van der Waals surface area contributed by atoms with E-state index >= 15 is 0 Å². The third kappa shape index (κ3) is 6.20. The van der Waals surface area contributed by atoms with Gasteiger partial charge in [-0.2, -0.15) is 5.10 Å². The number of nitrogens with zero attached hydrogens (tertiary/aromatic N) is 2. The predicted molar refractivity (Wildman–Crippen MR) is 128 cm³/mol. The SMILES string of the molecule is CNCC(C)OC(=O)N1Cc2c(NC(=O)c3ccc(F)cc3)n[nH]c2C1C.Cc1ccccc1. The number of benzene rings is 2. The lowest BCUT2D eigenvalue weighted by Crippen LogP contribution is -2.34. The highest BCUT2D eigenvalue weighted by molar-refractivity contribution is 6.04. The molecule has 0 fully saturated rings. The smallest absolute Gasteiger partial charge is 0.410 e. The van der Waals surface area contributed by atoms with Crippen molar-refractivity contribution < 1.29 is 18.7 Å². The summed E-state index contributed by atoms with van der Waals surface area (Å²) in [5.74, 6) is -0.465. The number of nitrogens with one attached hydrogen (secondary N) is 3. The van der Waals surface area contributed by atoms with Crippen LogP contribution in [0, 0.1) is 12.7 Å². The monoisotopic (exact) mass is 467 g/mol. The van der Waals surface area contributed by atoms with Crippen molar-refractivity contribution in [1.82, 2.24) is 20.4 Å². The van der Waals surface area contributed by atoms with Gasteiger partial charge in [-0.1, -0.05) is 35.9 Å². The number of H-pyrrole nitrogens is 1. The van der Waals surface area contributed by atoms with Crippen LogP contribution in [0.3, 0.4) is 0 Å². The standard InChI is InChI=1S/C18H22FN5O3.C7H8/c1-10(8-20-3)27-18(26)24-9-14-15(11(24)2)22-23-16(14)21-17(25)12-4-6-13(19)7-5-12;1-7-5-3-2-4-6-7/h4-7,10-11,20H,8-9H2,1-3H3,(H2,21,22,23,25);2-6H,1H3. The van der Waals surface area contributed by atoms with Crippen molar-refractivity contribution in [3.8, 4) is 0 Å². The van der Waals surface area contributed by atoms with Gasteiger partial charge in [0.05, 0.1) is 18.3 Å². The van der Waals surface area contributed by atoms with Gasteiger partial charge in [0.2, 0.25) is 0 Å². The molecular weight excluding hydrogens is 437 g/mol. The first-order valence-corrected chi connectivity index (χ1v) is 11.1. The number of rotatable bonds is 5. The number of halogens is 1. The van der Waals surface area contributed by atoms with Crippen molar-refractivity contribution in [2.45, 2.75) is 39.5 Å². The number of aromatic amines is 1. The first-order chi connectivity index (χ1) is 16.3. The van der Waals surface area contributed by atoms with Crippen molar-refractivity contribution in [2.24, 2.45) is 0 Å². The molecule has 34 heavy (non-hydrogen) atoms. The Kier molecular flexibility index (Phi) is 8.37. The second kappa shape index (κ2) is 11.4. The molecule has 0 saturated carbocycles. The Balaban J connectivity index is 0.000000396. The summed E-state index contributed by atoms with van der Waals surface area (Å²) in [6.07, 6.45) is -0.685. The van der Waals surface area contributed by atoms with Crippen LogP contribution in [0.2, 0.25) is 0 Å². The normalized spacial score (nSPS) is 15.1. The second-order valence-electron chi connectivity index (χ2n) is 8.14. The lowest BCUT2D eigenvalue weighted by molar-refractivity contribution is 0.0614. The average Bonchev–Trinajstić information content (AvgIpc) is 3.35. The molecule has 3 N–H and O–H groups in total. The topological polar surface area (TPSA) is 99.3 Å². The summed E-state index contributed by atoms with van der Waals surface area (Å²) >= 11 is 0. The predicted octanol–water partition coefficient (Wildman–Crippen LogP) is 4.42. The van der Waals surface area contributed by atoms with E-state index in [1.165, 1.54) is 29.8 Å². The summed E-state index contributed by atoms with van der Waals surface area (Å²) in [7, 11) is 1.79. The lowest BCUT2D eigenvalue weighted by Gasteiger charge is -2.23. The highest BCUT2D eigenvalue weighted by Gasteiger charge is 2.36. The maximum absolute atomic E-state index is 13.0. The van der Waals surface area contributed by atoms with E-state index in [0.29, 0.717) is 17.9 Å². The van der Waals surface area contributed by atoms with Gasteiger partial charge in [0.1, 0.15) is 11.9 Å². The van der Waals surface area contributed by atoms with Crippen LogP contribution in [0.1, 0.15) is 47.1 Å². The fourth-order valence-corrected chi connectivity index (χ4v) is 3.56. The van der Waals surface area contributed by atoms with E-state index in [4.69, 9.17) is 4.74 Å². The van der Waals surface area contributed by atoms with Gasteiger partial charge in [0, 0.05) is 17.7 Å². The number of likely N-dealkylation sites (N-methyl/N-ethyl adjacent to an activating group) is 1. The van der Waals surface area contributed by atoms with E-state index in [9.17, 15) is 14.0 Å². The zero-order valence-corrected chi connectivity index (χ0v) is 19.8. The fraction of sp³-hybridized carbons (Fsp3) is 0.320. The van der Waals surface area contributed by atoms with Crippen molar-refractivity contribution in [1.29, 1.82) is 0 Å². The van der Waals surface area contributed by atoms with Crippen LogP contribution in [-0.2, 0) is 11.3 Å². The Hall–Kier alpha value is -3.72. The Bertz CT molecular complexity index is 1100. The summed E-state index contributed by atoms with van der Waals surface area (Å²) < 4.78 is 18.4. The molecule has 2 heterocycles. The number of carbonyl (C=O) groups excluding carboxylic acids is 2. The summed E-state index contributed by atoms with van der Waals surface area (Å²) in [6.45, 7) is 6.58. The summed E-state index contributed by atoms with van der Waals surface area (Å²) in [5, 5.41) is 12.7. The fourth-order valence-electron chi connectivity index (χ4n) is 3.56. The van der Waals surface area contributed by atoms with Crippen LogP contribution in [-0.4, -0.2) is 46.8 Å². The van der Waals surface area contributed by atoms with Gasteiger partial charge in [-0.25, -0.2) is 9.18 Å². The van der Waals surface area contributed by atoms with Gasteiger partial charge >= 0.3 is 6.09 Å². The summed E-state index contributed by atoms with van der Waals surface area (Å²) in [5.41, 5.74) is 3.12. The zero-order chi connectivity index (χ0) is 24.7. The molecule has 0 spiro atoms. The van der Waals surface area contributed by atoms with Crippen molar-refractivity contribution in [3.63, 3.8) is 0 Å². The van der Waals surface area contributed by atoms with Crippen LogP contribution >= 0.6 is 0 Å². The van der Waals surface area contributed by atoms with E-state index in [0.717, 1.165) is 11.3 Å². The number of fused-ring (bicyclic) bond motifs is 1. The van der Waals surface area contributed by atoms with E-state index in [2.05, 4.69) is 39.9 Å². The van der Waals surface area contributed by atoms with E-state index in [1.54, 1.807) is 11.9 Å². The number of hydrogen-bond acceptors (Lipinski definition) is 5. The molecule has 4 rings (SSSR count). The van der Waals surface area contributed by atoms with Gasteiger partial charge in [-0.15, -0.1) is 0 Å². The van der Waals surface area contributed by atoms with Gasteiger partial charge in [-0.3, -0.25) is 14.8 Å². The Morgan fingerprint density at radius 1 is 1.21 bits per heavy atom. The molecule has 2 atom stereocenters. The molecule has 2 amide bonds. The average molecular weight is 468 g/mol. The van der Waals surface area contributed by atoms with Crippen LogP contribution in [0.25, 0.3) is 0 Å². The maximum Gasteiger partial charge on any atom is 0.410 e. The van der Waals surface area contributed by atoms with Crippen molar-refractivity contribution in [3.05, 3.63) is 82.8 Å². The molecule has 180 valence electrons. The molecule has 2 aromatic carbocycles. The molecule has 3 aromatic rings. The quantitative estimate of drug-likeness (QED) is 0.516. The Morgan fingerprint density at radius 2 is 1.88 bits per heavy atom. The highest BCUT2D eigenvalue weighted by atomic mass is 19.1. The number of anilines is 1. The molecule has 0 saturated heterocycles. The molecule has 1 aliphatic rings. The number of aromatic nitrogens is 2. The Morgan fingerprint density at radius 3 is 2.47 bits per heavy atom. The van der Waals surface area contributed by atoms with Crippen LogP contribution < -0.4 is 10.6 Å². The van der Waals surface area contributed by atoms with E-state index in [-0.39, 0.29) is 18.7 Å². The van der Waals surface area contributed by atoms with Gasteiger partial charge in [0.25, 0.3) is 5.91 Å². The van der Waals surface area contributed by atoms with Crippen LogP contribution in [0.5, 0.6) is 0 Å². The van der Waals surface area contributed by atoms with Gasteiger partial charge < -0.3 is 15.4 Å². The molecular formula is C25H30FN5O3. The van der Waals surface area contributed by atoms with Crippen molar-refractivity contribution in [2.75, 3.05) is 18.9 Å². The summed E-state index contributed by atoms with van der Waals surface area (Å²) in [4.78, 5) is 26.3. The number of amides is 2. The molecule has 9 heteroatoms. The first-order valence-electron chi connectivity index (χ1n) is 11.1. The summed E-state index contributed by atoms with van der Waals surface area (Å²) in [6, 6.07) is 15.2. The largest absolute Gasteiger partial charge is 0.445 e. The second-order valence-corrected chi connectivity index (χ2v) is 8.14. The zero-order valence-electron chi connectivity index (χ0n) is 19.8. The first kappa shape index (κ1) is 24.9.